The van der Waals surface area contributed by atoms with Crippen LogP contribution in [0.2, 0.25) is 0 Å². The Morgan fingerprint density at radius 3 is 1.52 bits per heavy atom. The van der Waals surface area contributed by atoms with Gasteiger partial charge in [-0.15, -0.1) is 0 Å². The number of pyridine rings is 1. The molecule has 12 rings (SSSR count). The molecule has 0 fully saturated rings. The Labute approximate surface area is 351 Å². The number of hydrogen-bond acceptors (Lipinski definition) is 4. The summed E-state index contributed by atoms with van der Waals surface area (Å²) in [5.41, 5.74) is 10.7. The molecule has 282 valence electrons. The maximum Gasteiger partial charge on any atom is 0.161 e. The zero-order valence-electron chi connectivity index (χ0n) is 32.8. The number of aromatic nitrogens is 4. The fraction of sp³-hybridized carbons (Fsp3) is 0. The van der Waals surface area contributed by atoms with Crippen LogP contribution in [0.4, 0.5) is 0 Å². The lowest BCUT2D eigenvalue weighted by molar-refractivity contribution is 1.14. The van der Waals surface area contributed by atoms with Crippen molar-refractivity contribution in [3.8, 4) is 56.8 Å². The maximum atomic E-state index is 9.96. The molecule has 3 heterocycles. The number of nitrogens with zero attached hydrogens (tertiary/aromatic N) is 5. The molecule has 0 atom stereocenters. The van der Waals surface area contributed by atoms with Gasteiger partial charge in [0.05, 0.1) is 45.9 Å². The molecule has 61 heavy (non-hydrogen) atoms. The van der Waals surface area contributed by atoms with Gasteiger partial charge in [0.15, 0.2) is 5.82 Å². The summed E-state index contributed by atoms with van der Waals surface area (Å²) in [5.74, 6) is 0.673. The van der Waals surface area contributed by atoms with E-state index in [-0.39, 0.29) is 0 Å². The first kappa shape index (κ1) is 34.6. The number of fused-ring (bicyclic) bond motifs is 7. The quantitative estimate of drug-likeness (QED) is 0.163. The highest BCUT2D eigenvalue weighted by molar-refractivity contribution is 6.22. The van der Waals surface area contributed by atoms with Gasteiger partial charge in [-0.3, -0.25) is 4.98 Å². The van der Waals surface area contributed by atoms with Gasteiger partial charge in [-0.25, -0.2) is 9.97 Å². The van der Waals surface area contributed by atoms with Crippen molar-refractivity contribution in [3.05, 3.63) is 206 Å². The van der Waals surface area contributed by atoms with Crippen LogP contribution in [-0.4, -0.2) is 19.5 Å². The summed E-state index contributed by atoms with van der Waals surface area (Å²) in [4.78, 5) is 15.5. The molecular formula is C56H33N5. The summed E-state index contributed by atoms with van der Waals surface area (Å²) >= 11 is 0. The average Bonchev–Trinajstić information content (AvgIpc) is 3.65. The second-order valence-electron chi connectivity index (χ2n) is 15.5. The molecule has 0 aliphatic carbocycles. The Hall–Kier alpha value is -8.46. The Morgan fingerprint density at radius 2 is 0.951 bits per heavy atom. The minimum Gasteiger partial charge on any atom is -0.308 e. The van der Waals surface area contributed by atoms with E-state index < -0.39 is 0 Å². The predicted octanol–water partition coefficient (Wildman–Crippen LogP) is 14.1. The standard InChI is InChI=1S/C56H33N5/c57-33-35-25-27-52-48(30-35)49-31-38(26-28-53(49)61(52)39-16-11-29-58-34-39)54-44-19-5-7-21-46(44)55(47-22-8-6-20-45(47)54)56-59-50(42-23-9-14-36-12-1-3-17-40(36)42)32-51(60-56)43-24-10-15-37-13-2-4-18-41(37)43/h1-32,34H. The molecule has 0 aliphatic rings. The summed E-state index contributed by atoms with van der Waals surface area (Å²) in [7, 11) is 0. The Bertz CT molecular complexity index is 3620. The van der Waals surface area contributed by atoms with Crippen LogP contribution in [-0.2, 0) is 0 Å². The Morgan fingerprint density at radius 1 is 0.426 bits per heavy atom. The Kier molecular flexibility index (Phi) is 7.84. The van der Waals surface area contributed by atoms with Crippen LogP contribution in [0.5, 0.6) is 0 Å². The van der Waals surface area contributed by atoms with Gasteiger partial charge in [-0.05, 0) is 103 Å². The lowest BCUT2D eigenvalue weighted by Crippen LogP contribution is -1.99. The first-order valence-corrected chi connectivity index (χ1v) is 20.4. The van der Waals surface area contributed by atoms with Crippen molar-refractivity contribution in [2.45, 2.75) is 0 Å². The van der Waals surface area contributed by atoms with E-state index in [1.54, 1.807) is 6.20 Å². The van der Waals surface area contributed by atoms with Crippen molar-refractivity contribution in [2.75, 3.05) is 0 Å². The molecule has 0 unspecified atom stereocenters. The van der Waals surface area contributed by atoms with Crippen LogP contribution in [0, 0.1) is 11.3 Å². The molecule has 0 N–H and O–H groups in total. The van der Waals surface area contributed by atoms with E-state index in [1.165, 1.54) is 0 Å². The van der Waals surface area contributed by atoms with Gasteiger partial charge in [-0.1, -0.05) is 140 Å². The van der Waals surface area contributed by atoms with Crippen molar-refractivity contribution >= 4 is 64.9 Å². The zero-order valence-corrected chi connectivity index (χ0v) is 32.8. The van der Waals surface area contributed by atoms with Gasteiger partial charge >= 0.3 is 0 Å². The van der Waals surface area contributed by atoms with Gasteiger partial charge in [0.1, 0.15) is 0 Å². The smallest absolute Gasteiger partial charge is 0.161 e. The van der Waals surface area contributed by atoms with Crippen LogP contribution in [0.3, 0.4) is 0 Å². The van der Waals surface area contributed by atoms with Crippen molar-refractivity contribution in [3.63, 3.8) is 0 Å². The normalized spacial score (nSPS) is 11.6. The second-order valence-corrected chi connectivity index (χ2v) is 15.5. The van der Waals surface area contributed by atoms with Gasteiger partial charge in [0.2, 0.25) is 0 Å². The summed E-state index contributed by atoms with van der Waals surface area (Å²) in [5, 5.41) is 21.0. The fourth-order valence-corrected chi connectivity index (χ4v) is 9.43. The number of benzene rings is 9. The highest BCUT2D eigenvalue weighted by Gasteiger charge is 2.22. The summed E-state index contributed by atoms with van der Waals surface area (Å²) in [6, 6.07) is 68.4. The molecule has 0 amide bonds. The number of nitriles is 1. The predicted molar refractivity (Wildman–Crippen MR) is 251 cm³/mol. The van der Waals surface area contributed by atoms with E-state index in [2.05, 4.69) is 179 Å². The van der Waals surface area contributed by atoms with Crippen LogP contribution in [0.15, 0.2) is 200 Å². The largest absolute Gasteiger partial charge is 0.308 e. The topological polar surface area (TPSA) is 67.4 Å². The zero-order chi connectivity index (χ0) is 40.4. The van der Waals surface area contributed by atoms with E-state index in [9.17, 15) is 5.26 Å². The van der Waals surface area contributed by atoms with E-state index in [0.29, 0.717) is 11.4 Å². The molecule has 0 saturated carbocycles. The molecule has 5 heteroatoms. The molecular weight excluding hydrogens is 743 g/mol. The first-order valence-electron chi connectivity index (χ1n) is 20.4. The molecule has 5 nitrogen and oxygen atoms in total. The number of hydrogen-bond donors (Lipinski definition) is 0. The molecule has 3 aromatic heterocycles. The van der Waals surface area contributed by atoms with E-state index in [4.69, 9.17) is 9.97 Å². The molecule has 0 bridgehead atoms. The summed E-state index contributed by atoms with van der Waals surface area (Å²) in [6.07, 6.45) is 3.67. The Balaban J connectivity index is 1.15. The minimum atomic E-state index is 0.622. The SMILES string of the molecule is N#Cc1ccc2c(c1)c1cc(-c3c4ccccc4c(-c4nc(-c5cccc6ccccc56)cc(-c5cccc6ccccc56)n4)c4ccccc34)ccc1n2-c1cccnc1. The first-order chi connectivity index (χ1) is 30.2. The van der Waals surface area contributed by atoms with Gasteiger partial charge < -0.3 is 4.57 Å². The summed E-state index contributed by atoms with van der Waals surface area (Å²) < 4.78 is 2.23. The number of rotatable bonds is 5. The van der Waals surface area contributed by atoms with Gasteiger partial charge in [0, 0.05) is 33.7 Å². The third kappa shape index (κ3) is 5.51. The third-order valence-corrected chi connectivity index (χ3v) is 12.1. The van der Waals surface area contributed by atoms with Crippen LogP contribution < -0.4 is 0 Å². The summed E-state index contributed by atoms with van der Waals surface area (Å²) in [6.45, 7) is 0. The minimum absolute atomic E-state index is 0.622. The van der Waals surface area contributed by atoms with Crippen molar-refractivity contribution < 1.29 is 0 Å². The van der Waals surface area contributed by atoms with Crippen LogP contribution in [0.25, 0.3) is 116 Å². The van der Waals surface area contributed by atoms with Crippen molar-refractivity contribution in [1.82, 2.24) is 19.5 Å². The van der Waals surface area contributed by atoms with Crippen molar-refractivity contribution in [1.29, 1.82) is 5.26 Å². The van der Waals surface area contributed by atoms with Gasteiger partial charge in [0.25, 0.3) is 0 Å². The monoisotopic (exact) mass is 775 g/mol. The van der Waals surface area contributed by atoms with Crippen LogP contribution >= 0.6 is 0 Å². The second kappa shape index (κ2) is 13.8. The third-order valence-electron chi connectivity index (χ3n) is 12.1. The molecule has 0 spiro atoms. The highest BCUT2D eigenvalue weighted by atomic mass is 15.0. The maximum absolute atomic E-state index is 9.96. The molecule has 0 aliphatic heterocycles. The van der Waals surface area contributed by atoms with Crippen LogP contribution in [0.1, 0.15) is 5.56 Å². The average molecular weight is 776 g/mol. The van der Waals surface area contributed by atoms with Gasteiger partial charge in [-0.2, -0.15) is 5.26 Å². The molecule has 12 aromatic rings. The lowest BCUT2D eigenvalue weighted by atomic mass is 9.87. The lowest BCUT2D eigenvalue weighted by Gasteiger charge is -2.18. The van der Waals surface area contributed by atoms with E-state index >= 15 is 0 Å². The van der Waals surface area contributed by atoms with E-state index in [1.807, 2.05) is 30.5 Å². The molecule has 9 aromatic carbocycles. The fourth-order valence-electron chi connectivity index (χ4n) is 9.43. The molecule has 0 saturated heterocycles. The highest BCUT2D eigenvalue weighted by Crippen LogP contribution is 2.45. The van der Waals surface area contributed by atoms with E-state index in [0.717, 1.165) is 110 Å². The van der Waals surface area contributed by atoms with Crippen molar-refractivity contribution in [2.24, 2.45) is 0 Å². The molecule has 0 radical (unpaired) electrons.